The molecule has 0 aromatic carbocycles. The number of hydroxylamine groups is 2. The average Bonchev–Trinajstić information content (AvgIpc) is 2.80. The second kappa shape index (κ2) is 8.81. The van der Waals surface area contributed by atoms with Crippen LogP contribution in [0.3, 0.4) is 0 Å². The molecule has 1 aliphatic rings. The van der Waals surface area contributed by atoms with E-state index < -0.39 is 11.8 Å². The Morgan fingerprint density at radius 2 is 2.11 bits per heavy atom. The highest BCUT2D eigenvalue weighted by atomic mass is 16.7. The molecule has 1 aliphatic heterocycles. The lowest BCUT2D eigenvalue weighted by molar-refractivity contribution is -0.207. The maximum absolute atomic E-state index is 12.4. The predicted molar refractivity (Wildman–Crippen MR) is 101 cm³/mol. The van der Waals surface area contributed by atoms with Gasteiger partial charge in [0, 0.05) is 38.9 Å². The molecular formula is C18H31N5O4. The number of aromatic nitrogens is 2. The van der Waals surface area contributed by atoms with Gasteiger partial charge in [-0.1, -0.05) is 0 Å². The van der Waals surface area contributed by atoms with Gasteiger partial charge in [-0.2, -0.15) is 5.06 Å². The minimum atomic E-state index is -0.989. The Balaban J connectivity index is 2.13. The van der Waals surface area contributed by atoms with Gasteiger partial charge >= 0.3 is 6.09 Å². The smallest absolute Gasteiger partial charge is 0.410 e. The lowest BCUT2D eigenvalue weighted by atomic mass is 10.2. The molecule has 152 valence electrons. The van der Waals surface area contributed by atoms with E-state index in [0.29, 0.717) is 31.3 Å². The van der Waals surface area contributed by atoms with Gasteiger partial charge in [-0.3, -0.25) is 4.84 Å². The molecule has 1 N–H and O–H groups in total. The first-order chi connectivity index (χ1) is 12.6. The van der Waals surface area contributed by atoms with E-state index in [1.807, 2.05) is 32.6 Å². The van der Waals surface area contributed by atoms with E-state index in [-0.39, 0.29) is 12.1 Å². The molecule has 0 spiro atoms. The number of carbonyl (C=O) groups excluding carboxylic acids is 1. The minimum absolute atomic E-state index is 0.00701. The highest BCUT2D eigenvalue weighted by Gasteiger charge is 2.29. The number of hydrogen-bond acceptors (Lipinski definition) is 8. The Morgan fingerprint density at radius 3 is 2.74 bits per heavy atom. The Labute approximate surface area is 160 Å². The molecular weight excluding hydrogens is 350 g/mol. The normalized spacial score (nSPS) is 19.8. The molecule has 2 atom stereocenters. The average molecular weight is 381 g/mol. The van der Waals surface area contributed by atoms with Crippen LogP contribution in [0.4, 0.5) is 10.7 Å². The monoisotopic (exact) mass is 381 g/mol. The molecule has 1 saturated heterocycles. The summed E-state index contributed by atoms with van der Waals surface area (Å²) in [4.78, 5) is 30.1. The molecule has 0 saturated carbocycles. The minimum Gasteiger partial charge on any atom is -0.444 e. The third kappa shape index (κ3) is 5.75. The topological polar surface area (TPSA) is 91.3 Å². The van der Waals surface area contributed by atoms with Crippen molar-refractivity contribution in [2.24, 2.45) is 0 Å². The fourth-order valence-electron chi connectivity index (χ4n) is 2.88. The SMILES string of the molecule is CON(C)C(O)c1ccnc(N2CCCN(C(=O)OC(C)(C)C)C[C@@H]2C)n1. The first kappa shape index (κ1) is 21.3. The van der Waals surface area contributed by atoms with E-state index >= 15 is 0 Å². The second-order valence-corrected chi connectivity index (χ2v) is 7.71. The van der Waals surface area contributed by atoms with E-state index in [2.05, 4.69) is 9.97 Å². The lowest BCUT2D eigenvalue weighted by Gasteiger charge is -2.30. The van der Waals surface area contributed by atoms with Crippen molar-refractivity contribution in [2.45, 2.75) is 52.0 Å². The Bertz CT molecular complexity index is 636. The lowest BCUT2D eigenvalue weighted by Crippen LogP contribution is -2.43. The number of rotatable bonds is 4. The van der Waals surface area contributed by atoms with Crippen molar-refractivity contribution < 1.29 is 19.5 Å². The molecule has 1 aromatic heterocycles. The molecule has 0 aliphatic carbocycles. The van der Waals surface area contributed by atoms with E-state index in [1.165, 1.54) is 12.2 Å². The summed E-state index contributed by atoms with van der Waals surface area (Å²) in [5.74, 6) is 0.523. The van der Waals surface area contributed by atoms with Crippen molar-refractivity contribution in [2.75, 3.05) is 38.7 Å². The third-order valence-corrected chi connectivity index (χ3v) is 4.31. The summed E-state index contributed by atoms with van der Waals surface area (Å²) in [6, 6.07) is 1.66. The van der Waals surface area contributed by atoms with Gasteiger partial charge in [0.2, 0.25) is 5.95 Å². The predicted octanol–water partition coefficient (Wildman–Crippen LogP) is 1.80. The van der Waals surface area contributed by atoms with Crippen LogP contribution in [0.25, 0.3) is 0 Å². The summed E-state index contributed by atoms with van der Waals surface area (Å²) in [6.07, 6.45) is 1.10. The summed E-state index contributed by atoms with van der Waals surface area (Å²) in [6.45, 7) is 9.45. The van der Waals surface area contributed by atoms with Gasteiger partial charge in [0.25, 0.3) is 0 Å². The Kier molecular flexibility index (Phi) is 6.96. The molecule has 9 nitrogen and oxygen atoms in total. The third-order valence-electron chi connectivity index (χ3n) is 4.31. The Morgan fingerprint density at radius 1 is 1.41 bits per heavy atom. The Hall–Kier alpha value is -1.97. The van der Waals surface area contributed by atoms with E-state index in [4.69, 9.17) is 9.57 Å². The summed E-state index contributed by atoms with van der Waals surface area (Å²) < 4.78 is 5.50. The standard InChI is InChI=1S/C18H31N5O4/c1-13-12-22(17(25)27-18(2,3)4)10-7-11-23(13)16-19-9-8-14(20-16)15(24)21(5)26-6/h8-9,13,15,24H,7,10-12H2,1-6H3/t13-,15?/m0/s1. The second-order valence-electron chi connectivity index (χ2n) is 7.71. The van der Waals surface area contributed by atoms with Crippen LogP contribution in [0.5, 0.6) is 0 Å². The summed E-state index contributed by atoms with van der Waals surface area (Å²) in [5, 5.41) is 11.6. The molecule has 27 heavy (non-hydrogen) atoms. The van der Waals surface area contributed by atoms with Crippen LogP contribution in [0, 0.1) is 0 Å². The number of ether oxygens (including phenoxy) is 1. The summed E-state index contributed by atoms with van der Waals surface area (Å²) >= 11 is 0. The largest absolute Gasteiger partial charge is 0.444 e. The fourth-order valence-corrected chi connectivity index (χ4v) is 2.88. The van der Waals surface area contributed by atoms with Gasteiger partial charge in [0.15, 0.2) is 6.23 Å². The van der Waals surface area contributed by atoms with Crippen LogP contribution in [-0.4, -0.2) is 76.6 Å². The molecule has 1 aromatic rings. The molecule has 0 radical (unpaired) electrons. The van der Waals surface area contributed by atoms with Crippen molar-refractivity contribution in [1.82, 2.24) is 19.9 Å². The van der Waals surface area contributed by atoms with Crippen LogP contribution < -0.4 is 4.90 Å². The van der Waals surface area contributed by atoms with Gasteiger partial charge in [0.1, 0.15) is 5.60 Å². The first-order valence-electron chi connectivity index (χ1n) is 9.15. The van der Waals surface area contributed by atoms with Crippen molar-refractivity contribution in [3.8, 4) is 0 Å². The van der Waals surface area contributed by atoms with Crippen molar-refractivity contribution >= 4 is 12.0 Å². The van der Waals surface area contributed by atoms with Gasteiger partial charge in [0.05, 0.1) is 12.8 Å². The van der Waals surface area contributed by atoms with Crippen molar-refractivity contribution in [3.63, 3.8) is 0 Å². The van der Waals surface area contributed by atoms with Crippen LogP contribution in [0.15, 0.2) is 12.3 Å². The van der Waals surface area contributed by atoms with Crippen molar-refractivity contribution in [3.05, 3.63) is 18.0 Å². The zero-order valence-corrected chi connectivity index (χ0v) is 17.0. The molecule has 2 rings (SSSR count). The zero-order valence-electron chi connectivity index (χ0n) is 17.0. The van der Waals surface area contributed by atoms with E-state index in [1.54, 1.807) is 24.2 Å². The first-order valence-corrected chi connectivity index (χ1v) is 9.15. The highest BCUT2D eigenvalue weighted by molar-refractivity contribution is 5.68. The number of anilines is 1. The van der Waals surface area contributed by atoms with Gasteiger partial charge in [-0.25, -0.2) is 14.8 Å². The fraction of sp³-hybridized carbons (Fsp3) is 0.722. The highest BCUT2D eigenvalue weighted by Crippen LogP contribution is 2.21. The van der Waals surface area contributed by atoms with Crippen LogP contribution in [0.2, 0.25) is 0 Å². The molecule has 1 unspecified atom stereocenters. The van der Waals surface area contributed by atoms with E-state index in [9.17, 15) is 9.90 Å². The van der Waals surface area contributed by atoms with Crippen LogP contribution >= 0.6 is 0 Å². The molecule has 1 fully saturated rings. The number of aliphatic hydroxyl groups excluding tert-OH is 1. The van der Waals surface area contributed by atoms with E-state index in [0.717, 1.165) is 6.42 Å². The maximum Gasteiger partial charge on any atom is 0.410 e. The van der Waals surface area contributed by atoms with Gasteiger partial charge in [-0.15, -0.1) is 0 Å². The molecule has 2 heterocycles. The van der Waals surface area contributed by atoms with Gasteiger partial charge < -0.3 is 19.6 Å². The van der Waals surface area contributed by atoms with Crippen LogP contribution in [-0.2, 0) is 9.57 Å². The summed E-state index contributed by atoms with van der Waals surface area (Å²) in [7, 11) is 3.10. The van der Waals surface area contributed by atoms with Crippen molar-refractivity contribution in [1.29, 1.82) is 0 Å². The molecule has 9 heteroatoms. The number of nitrogens with zero attached hydrogens (tertiary/aromatic N) is 5. The number of hydrogen-bond donors (Lipinski definition) is 1. The summed E-state index contributed by atoms with van der Waals surface area (Å²) in [5.41, 5.74) is -0.0717. The zero-order chi connectivity index (χ0) is 20.2. The van der Waals surface area contributed by atoms with Crippen LogP contribution in [0.1, 0.15) is 46.0 Å². The van der Waals surface area contributed by atoms with Gasteiger partial charge in [-0.05, 0) is 40.2 Å². The number of carbonyl (C=O) groups is 1. The quantitative estimate of drug-likeness (QED) is 0.624. The maximum atomic E-state index is 12.4. The number of amides is 1. The molecule has 1 amide bonds. The molecule has 0 bridgehead atoms. The number of aliphatic hydroxyl groups is 1.